The van der Waals surface area contributed by atoms with Gasteiger partial charge in [-0.25, -0.2) is 0 Å². The van der Waals surface area contributed by atoms with Gasteiger partial charge in [-0.2, -0.15) is 0 Å². The maximum atomic E-state index is 5.71. The number of nitrogen functional groups attached to an aromatic ring is 1. The van der Waals surface area contributed by atoms with Crippen molar-refractivity contribution in [2.45, 2.75) is 13.8 Å². The van der Waals surface area contributed by atoms with Crippen molar-refractivity contribution in [3.05, 3.63) is 30.0 Å². The van der Waals surface area contributed by atoms with Crippen molar-refractivity contribution in [3.63, 3.8) is 0 Å². The van der Waals surface area contributed by atoms with Gasteiger partial charge in [0.05, 0.1) is 17.9 Å². The topological polar surface area (TPSA) is 61.3 Å². The van der Waals surface area contributed by atoms with Crippen LogP contribution in [-0.4, -0.2) is 11.8 Å². The van der Waals surface area contributed by atoms with E-state index in [1.54, 1.807) is 0 Å². The van der Waals surface area contributed by atoms with E-state index in [4.69, 9.17) is 15.0 Å². The Hall–Kier alpha value is -1.97. The fourth-order valence-corrected chi connectivity index (χ4v) is 1.62. The highest BCUT2D eigenvalue weighted by Crippen LogP contribution is 2.30. The Morgan fingerprint density at radius 1 is 1.31 bits per heavy atom. The Kier molecular flexibility index (Phi) is 2.81. The zero-order valence-corrected chi connectivity index (χ0v) is 9.36. The lowest BCUT2D eigenvalue weighted by Crippen LogP contribution is -1.91. The summed E-state index contributed by atoms with van der Waals surface area (Å²) in [5.74, 6) is 1.19. The monoisotopic (exact) mass is 218 g/mol. The third-order valence-electron chi connectivity index (χ3n) is 2.34. The molecule has 0 amide bonds. The maximum absolute atomic E-state index is 5.71. The molecule has 4 nitrogen and oxygen atoms in total. The average molecular weight is 218 g/mol. The van der Waals surface area contributed by atoms with Crippen molar-refractivity contribution in [1.82, 2.24) is 5.16 Å². The molecule has 16 heavy (non-hydrogen) atoms. The number of nitrogens with two attached hydrogens (primary N) is 1. The first-order chi connectivity index (χ1) is 7.72. The van der Waals surface area contributed by atoms with Crippen molar-refractivity contribution >= 4 is 5.88 Å². The van der Waals surface area contributed by atoms with E-state index < -0.39 is 0 Å². The van der Waals surface area contributed by atoms with Crippen molar-refractivity contribution in [1.29, 1.82) is 0 Å². The smallest absolute Gasteiger partial charge is 0.230 e. The van der Waals surface area contributed by atoms with Gasteiger partial charge in [-0.15, -0.1) is 0 Å². The van der Waals surface area contributed by atoms with E-state index in [1.165, 1.54) is 0 Å². The van der Waals surface area contributed by atoms with Crippen LogP contribution < -0.4 is 10.5 Å². The van der Waals surface area contributed by atoms with Crippen LogP contribution in [0.15, 0.2) is 28.8 Å². The number of hydrogen-bond acceptors (Lipinski definition) is 4. The molecule has 0 aliphatic carbocycles. The number of aryl methyl sites for hydroxylation is 1. The van der Waals surface area contributed by atoms with Crippen molar-refractivity contribution < 1.29 is 9.26 Å². The van der Waals surface area contributed by atoms with Crippen molar-refractivity contribution in [2.24, 2.45) is 0 Å². The predicted octanol–water partition coefficient (Wildman–Crippen LogP) is 2.63. The first-order valence-corrected chi connectivity index (χ1v) is 5.17. The molecule has 0 spiro atoms. The van der Waals surface area contributed by atoms with Gasteiger partial charge >= 0.3 is 0 Å². The lowest BCUT2D eigenvalue weighted by Gasteiger charge is -2.04. The van der Waals surface area contributed by atoms with Gasteiger partial charge in [0, 0.05) is 0 Å². The quantitative estimate of drug-likeness (QED) is 0.860. The molecule has 1 aromatic heterocycles. The second-order valence-corrected chi connectivity index (χ2v) is 3.46. The highest BCUT2D eigenvalue weighted by molar-refractivity contribution is 5.75. The molecule has 1 aromatic carbocycles. The molecule has 0 aliphatic rings. The molecular formula is C12H14N2O2. The summed E-state index contributed by atoms with van der Waals surface area (Å²) in [6.07, 6.45) is 0. The standard InChI is InChI=1S/C12H14N2O2/c1-3-15-10-6-4-9(5-7-10)11-8(2)14-16-12(11)13/h4-7H,3,13H2,1-2H3. The predicted molar refractivity (Wildman–Crippen MR) is 62.3 cm³/mol. The summed E-state index contributed by atoms with van der Waals surface area (Å²) in [4.78, 5) is 0. The molecule has 1 heterocycles. The molecule has 2 N–H and O–H groups in total. The summed E-state index contributed by atoms with van der Waals surface area (Å²) < 4.78 is 10.3. The Morgan fingerprint density at radius 3 is 2.50 bits per heavy atom. The van der Waals surface area contributed by atoms with Crippen LogP contribution in [0.25, 0.3) is 11.1 Å². The molecule has 0 unspecified atom stereocenters. The summed E-state index contributed by atoms with van der Waals surface area (Å²) >= 11 is 0. The van der Waals surface area contributed by atoms with E-state index in [1.807, 2.05) is 38.1 Å². The summed E-state index contributed by atoms with van der Waals surface area (Å²) in [7, 11) is 0. The van der Waals surface area contributed by atoms with E-state index in [9.17, 15) is 0 Å². The highest BCUT2D eigenvalue weighted by atomic mass is 16.5. The van der Waals surface area contributed by atoms with Gasteiger partial charge in [-0.05, 0) is 31.5 Å². The van der Waals surface area contributed by atoms with E-state index in [2.05, 4.69) is 5.16 Å². The third kappa shape index (κ3) is 1.86. The van der Waals surface area contributed by atoms with Gasteiger partial charge in [-0.1, -0.05) is 17.3 Å². The number of rotatable bonds is 3. The number of aromatic nitrogens is 1. The molecule has 4 heteroatoms. The molecule has 0 atom stereocenters. The minimum atomic E-state index is 0.349. The SMILES string of the molecule is CCOc1ccc(-c2c(C)noc2N)cc1. The molecule has 0 saturated carbocycles. The molecule has 0 saturated heterocycles. The van der Waals surface area contributed by atoms with Gasteiger partial charge in [0.15, 0.2) is 0 Å². The van der Waals surface area contributed by atoms with E-state index in [0.29, 0.717) is 12.5 Å². The van der Waals surface area contributed by atoms with Gasteiger partial charge in [0.1, 0.15) is 5.75 Å². The minimum Gasteiger partial charge on any atom is -0.494 e. The van der Waals surface area contributed by atoms with Crippen LogP contribution in [0.4, 0.5) is 5.88 Å². The zero-order chi connectivity index (χ0) is 11.5. The minimum absolute atomic E-state index is 0.349. The molecule has 2 aromatic rings. The van der Waals surface area contributed by atoms with Crippen LogP contribution in [0.5, 0.6) is 5.75 Å². The average Bonchev–Trinajstić information content (AvgIpc) is 2.61. The fraction of sp³-hybridized carbons (Fsp3) is 0.250. The number of nitrogens with zero attached hydrogens (tertiary/aromatic N) is 1. The van der Waals surface area contributed by atoms with Gasteiger partial charge < -0.3 is 15.0 Å². The maximum Gasteiger partial charge on any atom is 0.230 e. The second kappa shape index (κ2) is 4.26. The Balaban J connectivity index is 2.35. The number of hydrogen-bond donors (Lipinski definition) is 1. The molecule has 0 bridgehead atoms. The normalized spacial score (nSPS) is 10.4. The largest absolute Gasteiger partial charge is 0.494 e. The first-order valence-electron chi connectivity index (χ1n) is 5.17. The van der Waals surface area contributed by atoms with Crippen LogP contribution in [0, 0.1) is 6.92 Å². The van der Waals surface area contributed by atoms with Crippen molar-refractivity contribution in [3.8, 4) is 16.9 Å². The Bertz CT molecular complexity index is 455. The Morgan fingerprint density at radius 2 is 2.00 bits per heavy atom. The second-order valence-electron chi connectivity index (χ2n) is 3.46. The van der Waals surface area contributed by atoms with Crippen LogP contribution in [-0.2, 0) is 0 Å². The molecule has 2 rings (SSSR count). The van der Waals surface area contributed by atoms with Gasteiger partial charge in [0.25, 0.3) is 0 Å². The number of benzene rings is 1. The number of ether oxygens (including phenoxy) is 1. The fourth-order valence-electron chi connectivity index (χ4n) is 1.62. The molecule has 0 aliphatic heterocycles. The molecular weight excluding hydrogens is 204 g/mol. The first kappa shape index (κ1) is 10.5. The third-order valence-corrected chi connectivity index (χ3v) is 2.34. The summed E-state index contributed by atoms with van der Waals surface area (Å²) in [5, 5.41) is 3.82. The summed E-state index contributed by atoms with van der Waals surface area (Å²) in [6, 6.07) is 7.71. The van der Waals surface area contributed by atoms with Crippen LogP contribution in [0.1, 0.15) is 12.6 Å². The summed E-state index contributed by atoms with van der Waals surface area (Å²) in [6.45, 7) is 4.48. The van der Waals surface area contributed by atoms with Crippen molar-refractivity contribution in [2.75, 3.05) is 12.3 Å². The van der Waals surface area contributed by atoms with Crippen LogP contribution in [0.3, 0.4) is 0 Å². The Labute approximate surface area is 94.0 Å². The van der Waals surface area contributed by atoms with Crippen LogP contribution in [0.2, 0.25) is 0 Å². The lowest BCUT2D eigenvalue weighted by molar-refractivity contribution is 0.340. The van der Waals surface area contributed by atoms with E-state index in [0.717, 1.165) is 22.6 Å². The van der Waals surface area contributed by atoms with Crippen LogP contribution >= 0.6 is 0 Å². The van der Waals surface area contributed by atoms with E-state index >= 15 is 0 Å². The van der Waals surface area contributed by atoms with Gasteiger partial charge in [0.2, 0.25) is 5.88 Å². The highest BCUT2D eigenvalue weighted by Gasteiger charge is 2.11. The van der Waals surface area contributed by atoms with E-state index in [-0.39, 0.29) is 0 Å². The molecule has 0 radical (unpaired) electrons. The lowest BCUT2D eigenvalue weighted by atomic mass is 10.1. The summed E-state index contributed by atoms with van der Waals surface area (Å²) in [5.41, 5.74) is 8.34. The number of anilines is 1. The van der Waals surface area contributed by atoms with Gasteiger partial charge in [-0.3, -0.25) is 0 Å². The zero-order valence-electron chi connectivity index (χ0n) is 9.36. The molecule has 84 valence electrons. The molecule has 0 fully saturated rings.